The largest absolute Gasteiger partial charge is 0.506 e. The Bertz CT molecular complexity index is 656. The normalized spacial score (nSPS) is 10.3. The van der Waals surface area contributed by atoms with Crippen LogP contribution in [0.25, 0.3) is 11.1 Å². The number of phenols is 1. The van der Waals surface area contributed by atoms with Crippen LogP contribution >= 0.6 is 11.6 Å². The number of ether oxygens (including phenoxy) is 1. The van der Waals surface area contributed by atoms with Crippen molar-refractivity contribution in [3.8, 4) is 16.9 Å². The van der Waals surface area contributed by atoms with Gasteiger partial charge >= 0.3 is 5.97 Å². The van der Waals surface area contributed by atoms with E-state index in [2.05, 4.69) is 0 Å². The second-order valence-corrected chi connectivity index (χ2v) is 4.49. The quantitative estimate of drug-likeness (QED) is 0.869. The molecule has 20 heavy (non-hydrogen) atoms. The van der Waals surface area contributed by atoms with Crippen molar-refractivity contribution < 1.29 is 19.0 Å². The van der Waals surface area contributed by atoms with Crippen molar-refractivity contribution in [2.75, 3.05) is 6.61 Å². The van der Waals surface area contributed by atoms with Crippen molar-refractivity contribution in [1.82, 2.24) is 0 Å². The van der Waals surface area contributed by atoms with Gasteiger partial charge in [0.2, 0.25) is 0 Å². The zero-order chi connectivity index (χ0) is 14.7. The highest BCUT2D eigenvalue weighted by Crippen LogP contribution is 2.30. The molecule has 0 aliphatic rings. The molecule has 0 spiro atoms. The van der Waals surface area contributed by atoms with Crippen LogP contribution in [0.5, 0.6) is 5.75 Å². The first-order chi connectivity index (χ1) is 9.52. The van der Waals surface area contributed by atoms with Crippen molar-refractivity contribution in [3.05, 3.63) is 52.8 Å². The number of hydrogen-bond donors (Lipinski definition) is 1. The fraction of sp³-hybridized carbons (Fsp3) is 0.133. The van der Waals surface area contributed by atoms with Gasteiger partial charge in [-0.25, -0.2) is 9.18 Å². The summed E-state index contributed by atoms with van der Waals surface area (Å²) < 4.78 is 18.7. The molecule has 0 bridgehead atoms. The summed E-state index contributed by atoms with van der Waals surface area (Å²) in [6.07, 6.45) is 0. The molecule has 0 aromatic heterocycles. The number of halogens is 2. The predicted octanol–water partition coefficient (Wildman–Crippen LogP) is 4.03. The zero-order valence-corrected chi connectivity index (χ0v) is 11.4. The molecular formula is C15H12ClFO3. The number of hydrogen-bond acceptors (Lipinski definition) is 3. The van der Waals surface area contributed by atoms with Gasteiger partial charge in [0.1, 0.15) is 11.6 Å². The Labute approximate surface area is 120 Å². The smallest absolute Gasteiger partial charge is 0.341 e. The van der Waals surface area contributed by atoms with Crippen LogP contribution in [0.4, 0.5) is 4.39 Å². The fourth-order valence-electron chi connectivity index (χ4n) is 1.76. The lowest BCUT2D eigenvalue weighted by molar-refractivity contribution is 0.0521. The molecule has 0 amide bonds. The minimum atomic E-state index is -0.699. The molecule has 0 radical (unpaired) electrons. The first-order valence-electron chi connectivity index (χ1n) is 5.98. The van der Waals surface area contributed by atoms with Gasteiger partial charge in [-0.2, -0.15) is 0 Å². The molecule has 2 rings (SSSR count). The van der Waals surface area contributed by atoms with Crippen LogP contribution in [0, 0.1) is 5.82 Å². The average Bonchev–Trinajstić information content (AvgIpc) is 2.42. The minimum Gasteiger partial charge on any atom is -0.506 e. The maximum atomic E-state index is 13.9. The zero-order valence-electron chi connectivity index (χ0n) is 10.7. The summed E-state index contributed by atoms with van der Waals surface area (Å²) in [5.41, 5.74) is 1.01. The molecule has 0 unspecified atom stereocenters. The highest BCUT2D eigenvalue weighted by Gasteiger charge is 2.14. The molecular weight excluding hydrogens is 283 g/mol. The molecule has 0 aliphatic carbocycles. The molecule has 1 N–H and O–H groups in total. The third-order valence-corrected chi connectivity index (χ3v) is 3.06. The summed E-state index contributed by atoms with van der Waals surface area (Å²) in [5, 5.41) is 9.76. The lowest BCUT2D eigenvalue weighted by atomic mass is 10.0. The number of aromatic hydroxyl groups is 1. The van der Waals surface area contributed by atoms with Crippen LogP contribution < -0.4 is 0 Å². The number of carbonyl (C=O) groups excluding carboxylic acids is 1. The average molecular weight is 295 g/mol. The van der Waals surface area contributed by atoms with E-state index in [1.165, 1.54) is 24.3 Å². The second kappa shape index (κ2) is 5.92. The molecule has 2 aromatic rings. The highest BCUT2D eigenvalue weighted by atomic mass is 35.5. The lowest BCUT2D eigenvalue weighted by Gasteiger charge is -2.07. The van der Waals surface area contributed by atoms with E-state index < -0.39 is 11.8 Å². The van der Waals surface area contributed by atoms with Gasteiger partial charge < -0.3 is 9.84 Å². The number of benzene rings is 2. The Hall–Kier alpha value is -2.07. The maximum Gasteiger partial charge on any atom is 0.341 e. The first kappa shape index (κ1) is 14.3. The molecule has 5 heteroatoms. The van der Waals surface area contributed by atoms with Gasteiger partial charge in [0.05, 0.1) is 17.2 Å². The Morgan fingerprint density at radius 1 is 1.25 bits per heavy atom. The molecule has 3 nitrogen and oxygen atoms in total. The van der Waals surface area contributed by atoms with Gasteiger partial charge in [0.15, 0.2) is 0 Å². The topological polar surface area (TPSA) is 46.5 Å². The van der Waals surface area contributed by atoms with Gasteiger partial charge in [0, 0.05) is 0 Å². The fourth-order valence-corrected chi connectivity index (χ4v) is 1.88. The van der Waals surface area contributed by atoms with Crippen LogP contribution in [0.15, 0.2) is 36.4 Å². The summed E-state index contributed by atoms with van der Waals surface area (Å²) in [6, 6.07) is 8.76. The third-order valence-electron chi connectivity index (χ3n) is 2.74. The Morgan fingerprint density at radius 3 is 2.50 bits per heavy atom. The standard InChI is InChI=1S/C15H12ClFO3/c1-2-20-15(19)11-5-3-9(7-13(11)17)10-4-6-12(16)14(18)8-10/h3-8,18H,2H2,1H3. The van der Waals surface area contributed by atoms with E-state index in [9.17, 15) is 14.3 Å². The number of esters is 1. The van der Waals surface area contributed by atoms with Crippen molar-refractivity contribution in [2.45, 2.75) is 6.92 Å². The van der Waals surface area contributed by atoms with Gasteiger partial charge in [-0.15, -0.1) is 0 Å². The van der Waals surface area contributed by atoms with Gasteiger partial charge in [-0.05, 0) is 42.3 Å². The SMILES string of the molecule is CCOC(=O)c1ccc(-c2ccc(Cl)c(O)c2)cc1F. The van der Waals surface area contributed by atoms with Gasteiger partial charge in [0.25, 0.3) is 0 Å². The highest BCUT2D eigenvalue weighted by molar-refractivity contribution is 6.32. The predicted molar refractivity (Wildman–Crippen MR) is 74.5 cm³/mol. The molecule has 2 aromatic carbocycles. The molecule has 0 fully saturated rings. The van der Waals surface area contributed by atoms with E-state index in [0.717, 1.165) is 0 Å². The Kier molecular flexibility index (Phi) is 4.25. The van der Waals surface area contributed by atoms with Crippen LogP contribution in [0.1, 0.15) is 17.3 Å². The Balaban J connectivity index is 2.37. The molecule has 0 saturated heterocycles. The summed E-state index contributed by atoms with van der Waals surface area (Å²) in [5.74, 6) is -1.45. The van der Waals surface area contributed by atoms with E-state index in [-0.39, 0.29) is 22.9 Å². The number of rotatable bonds is 3. The van der Waals surface area contributed by atoms with E-state index in [0.29, 0.717) is 11.1 Å². The van der Waals surface area contributed by atoms with Crippen molar-refractivity contribution in [1.29, 1.82) is 0 Å². The third kappa shape index (κ3) is 2.91. The van der Waals surface area contributed by atoms with Crippen molar-refractivity contribution in [2.24, 2.45) is 0 Å². The number of carbonyl (C=O) groups is 1. The van der Waals surface area contributed by atoms with Crippen molar-refractivity contribution >= 4 is 17.6 Å². The summed E-state index contributed by atoms with van der Waals surface area (Å²) >= 11 is 5.72. The van der Waals surface area contributed by atoms with Crippen LogP contribution in [-0.2, 0) is 4.74 Å². The lowest BCUT2D eigenvalue weighted by Crippen LogP contribution is -2.07. The summed E-state index contributed by atoms with van der Waals surface area (Å²) in [6.45, 7) is 1.84. The van der Waals surface area contributed by atoms with Crippen LogP contribution in [-0.4, -0.2) is 17.7 Å². The van der Waals surface area contributed by atoms with Crippen molar-refractivity contribution in [3.63, 3.8) is 0 Å². The minimum absolute atomic E-state index is 0.0842. The molecule has 104 valence electrons. The van der Waals surface area contributed by atoms with Crippen LogP contribution in [0.2, 0.25) is 5.02 Å². The van der Waals surface area contributed by atoms with E-state index in [1.807, 2.05) is 0 Å². The van der Waals surface area contributed by atoms with Gasteiger partial charge in [-0.3, -0.25) is 0 Å². The molecule has 0 atom stereocenters. The van der Waals surface area contributed by atoms with E-state index >= 15 is 0 Å². The number of phenolic OH excluding ortho intramolecular Hbond substituents is 1. The second-order valence-electron chi connectivity index (χ2n) is 4.08. The van der Waals surface area contributed by atoms with Gasteiger partial charge in [-0.1, -0.05) is 23.7 Å². The monoisotopic (exact) mass is 294 g/mol. The summed E-state index contributed by atoms with van der Waals surface area (Å²) in [7, 11) is 0. The first-order valence-corrected chi connectivity index (χ1v) is 6.36. The summed E-state index contributed by atoms with van der Waals surface area (Å²) in [4.78, 5) is 11.5. The molecule has 0 heterocycles. The van der Waals surface area contributed by atoms with E-state index in [1.54, 1.807) is 19.1 Å². The Morgan fingerprint density at radius 2 is 1.90 bits per heavy atom. The van der Waals surface area contributed by atoms with Crippen LogP contribution in [0.3, 0.4) is 0 Å². The molecule has 0 saturated carbocycles. The maximum absolute atomic E-state index is 13.9. The molecule has 0 aliphatic heterocycles. The van der Waals surface area contributed by atoms with E-state index in [4.69, 9.17) is 16.3 Å².